The molecule has 4 rings (SSSR count). The Balaban J connectivity index is 1.61. The van der Waals surface area contributed by atoms with Crippen LogP contribution in [0.25, 0.3) is 10.8 Å². The van der Waals surface area contributed by atoms with Crippen molar-refractivity contribution in [3.05, 3.63) is 72.3 Å². The van der Waals surface area contributed by atoms with Crippen molar-refractivity contribution in [2.45, 2.75) is 57.7 Å². The van der Waals surface area contributed by atoms with E-state index >= 15 is 0 Å². The minimum absolute atomic E-state index is 0.0607. The fourth-order valence-electron chi connectivity index (χ4n) is 4.35. The third-order valence-corrected chi connectivity index (χ3v) is 6.29. The average molecular weight is 504 g/mol. The first-order chi connectivity index (χ1) is 17.6. The molecule has 194 valence electrons. The van der Waals surface area contributed by atoms with Crippen LogP contribution in [0, 0.1) is 0 Å². The van der Waals surface area contributed by atoms with Crippen LogP contribution >= 0.6 is 0 Å². The number of hydrogen-bond donors (Lipinski definition) is 3. The van der Waals surface area contributed by atoms with Crippen LogP contribution in [0.4, 0.5) is 10.5 Å². The van der Waals surface area contributed by atoms with E-state index in [9.17, 15) is 19.5 Å². The van der Waals surface area contributed by atoms with Gasteiger partial charge in [0.25, 0.3) is 5.91 Å². The average Bonchev–Trinajstić information content (AvgIpc) is 2.81. The third-order valence-electron chi connectivity index (χ3n) is 6.29. The van der Waals surface area contributed by atoms with Crippen LogP contribution in [-0.2, 0) is 14.3 Å². The lowest BCUT2D eigenvalue weighted by Crippen LogP contribution is -2.53. The Bertz CT molecular complexity index is 1280. The zero-order valence-electron chi connectivity index (χ0n) is 21.4. The molecule has 0 radical (unpaired) electrons. The van der Waals surface area contributed by atoms with E-state index in [4.69, 9.17) is 4.74 Å². The number of carbonyl (C=O) groups excluding carboxylic acids is 3. The monoisotopic (exact) mass is 503 g/mol. The van der Waals surface area contributed by atoms with Gasteiger partial charge in [-0.2, -0.15) is 0 Å². The molecule has 3 amide bonds. The Labute approximate surface area is 216 Å². The summed E-state index contributed by atoms with van der Waals surface area (Å²) in [5, 5.41) is 17.4. The van der Waals surface area contributed by atoms with Crippen molar-refractivity contribution in [3.8, 4) is 5.75 Å². The molecule has 1 fully saturated rings. The van der Waals surface area contributed by atoms with Gasteiger partial charge in [0, 0.05) is 11.7 Å². The summed E-state index contributed by atoms with van der Waals surface area (Å²) in [6, 6.07) is 18.7. The van der Waals surface area contributed by atoms with Gasteiger partial charge < -0.3 is 25.4 Å². The Hall–Kier alpha value is -4.07. The molecule has 0 bridgehead atoms. The summed E-state index contributed by atoms with van der Waals surface area (Å²) in [6.07, 6.45) is 1.77. The van der Waals surface area contributed by atoms with Crippen LogP contribution in [-0.4, -0.2) is 46.1 Å². The molecule has 0 spiro atoms. The maximum atomic E-state index is 13.8. The van der Waals surface area contributed by atoms with Gasteiger partial charge in [-0.3, -0.25) is 9.59 Å². The number of nitrogens with one attached hydrogen (secondary N) is 2. The lowest BCUT2D eigenvalue weighted by molar-refractivity contribution is -0.143. The van der Waals surface area contributed by atoms with Crippen molar-refractivity contribution in [2.75, 3.05) is 11.9 Å². The number of carbonyl (C=O) groups is 3. The number of aromatic hydroxyl groups is 1. The van der Waals surface area contributed by atoms with E-state index in [1.54, 1.807) is 37.8 Å². The SMILES string of the molecule is CC(C)(C)OC(=O)NCC(=O)N(C1CCC1)C(C(=O)Nc1ccc2ccccc2c1)c1ccc(O)cc1. The molecule has 3 N–H and O–H groups in total. The minimum Gasteiger partial charge on any atom is -0.508 e. The molecule has 0 aromatic heterocycles. The van der Waals surface area contributed by atoms with Gasteiger partial charge in [0.1, 0.15) is 23.9 Å². The molecule has 0 saturated heterocycles. The topological polar surface area (TPSA) is 108 Å². The molecule has 8 nitrogen and oxygen atoms in total. The van der Waals surface area contributed by atoms with Crippen LogP contribution in [0.1, 0.15) is 51.6 Å². The number of phenols is 1. The summed E-state index contributed by atoms with van der Waals surface area (Å²) in [5.41, 5.74) is 0.476. The Kier molecular flexibility index (Phi) is 7.66. The van der Waals surface area contributed by atoms with Crippen molar-refractivity contribution in [1.82, 2.24) is 10.2 Å². The van der Waals surface area contributed by atoms with Crippen molar-refractivity contribution >= 4 is 34.4 Å². The Morgan fingerprint density at radius 2 is 1.68 bits per heavy atom. The molecule has 1 atom stereocenters. The number of ether oxygens (including phenoxy) is 1. The van der Waals surface area contributed by atoms with Crippen LogP contribution < -0.4 is 10.6 Å². The molecule has 1 saturated carbocycles. The first-order valence-corrected chi connectivity index (χ1v) is 12.5. The highest BCUT2D eigenvalue weighted by atomic mass is 16.6. The normalized spacial score (nSPS) is 14.4. The number of benzene rings is 3. The number of anilines is 1. The molecule has 0 heterocycles. The van der Waals surface area contributed by atoms with Gasteiger partial charge in [-0.25, -0.2) is 4.79 Å². The second kappa shape index (κ2) is 10.9. The lowest BCUT2D eigenvalue weighted by atomic mass is 9.88. The molecule has 3 aromatic rings. The number of fused-ring (bicyclic) bond motifs is 1. The van der Waals surface area contributed by atoms with Gasteiger partial charge in [-0.15, -0.1) is 0 Å². The third kappa shape index (κ3) is 6.58. The van der Waals surface area contributed by atoms with E-state index < -0.39 is 17.7 Å². The highest BCUT2D eigenvalue weighted by Gasteiger charge is 2.39. The fraction of sp³-hybridized carbons (Fsp3) is 0.345. The van der Waals surface area contributed by atoms with E-state index in [0.29, 0.717) is 11.3 Å². The quantitative estimate of drug-likeness (QED) is 0.414. The van der Waals surface area contributed by atoms with E-state index in [1.165, 1.54) is 12.1 Å². The van der Waals surface area contributed by atoms with E-state index in [2.05, 4.69) is 10.6 Å². The number of phenolic OH excluding ortho intramolecular Hbond substituents is 1. The second-order valence-electron chi connectivity index (χ2n) is 10.3. The molecular weight excluding hydrogens is 470 g/mol. The van der Waals surface area contributed by atoms with Crippen molar-refractivity contribution in [1.29, 1.82) is 0 Å². The highest BCUT2D eigenvalue weighted by molar-refractivity contribution is 6.00. The molecule has 1 unspecified atom stereocenters. The number of rotatable bonds is 7. The summed E-state index contributed by atoms with van der Waals surface area (Å²) < 4.78 is 5.26. The number of alkyl carbamates (subject to hydrolysis) is 1. The predicted molar refractivity (Wildman–Crippen MR) is 142 cm³/mol. The second-order valence-corrected chi connectivity index (χ2v) is 10.3. The van der Waals surface area contributed by atoms with Crippen LogP contribution in [0.15, 0.2) is 66.7 Å². The lowest BCUT2D eigenvalue weighted by Gasteiger charge is -2.42. The molecule has 37 heavy (non-hydrogen) atoms. The summed E-state index contributed by atoms with van der Waals surface area (Å²) in [7, 11) is 0. The number of nitrogens with zero attached hydrogens (tertiary/aromatic N) is 1. The highest BCUT2D eigenvalue weighted by Crippen LogP contribution is 2.34. The predicted octanol–water partition coefficient (Wildman–Crippen LogP) is 5.13. The Morgan fingerprint density at radius 3 is 2.30 bits per heavy atom. The van der Waals surface area contributed by atoms with Gasteiger partial charge in [0.2, 0.25) is 5.91 Å². The maximum Gasteiger partial charge on any atom is 0.408 e. The molecule has 3 aromatic carbocycles. The first kappa shape index (κ1) is 26.0. The van der Waals surface area contributed by atoms with Gasteiger partial charge in [0.05, 0.1) is 0 Å². The van der Waals surface area contributed by atoms with Crippen LogP contribution in [0.2, 0.25) is 0 Å². The smallest absolute Gasteiger partial charge is 0.408 e. The van der Waals surface area contributed by atoms with Gasteiger partial charge in [-0.1, -0.05) is 42.5 Å². The molecule has 8 heteroatoms. The molecule has 0 aliphatic heterocycles. The number of amides is 3. The molecule has 1 aliphatic rings. The minimum atomic E-state index is -0.953. The van der Waals surface area contributed by atoms with Crippen LogP contribution in [0.5, 0.6) is 5.75 Å². The summed E-state index contributed by atoms with van der Waals surface area (Å²) in [4.78, 5) is 41.0. The summed E-state index contributed by atoms with van der Waals surface area (Å²) in [5.74, 6) is -0.702. The molecule has 1 aliphatic carbocycles. The zero-order valence-corrected chi connectivity index (χ0v) is 21.4. The van der Waals surface area contributed by atoms with E-state index in [1.807, 2.05) is 42.5 Å². The van der Waals surface area contributed by atoms with Crippen LogP contribution in [0.3, 0.4) is 0 Å². The summed E-state index contributed by atoms with van der Waals surface area (Å²) >= 11 is 0. The first-order valence-electron chi connectivity index (χ1n) is 12.5. The summed E-state index contributed by atoms with van der Waals surface area (Å²) in [6.45, 7) is 4.93. The standard InChI is InChI=1S/C29H33N3O5/c1-29(2,3)37-28(36)30-18-25(34)32(23-9-6-10-23)26(20-12-15-24(33)16-13-20)27(35)31-22-14-11-19-7-4-5-8-21(19)17-22/h4-5,7-8,11-17,23,26,33H,6,9-10,18H2,1-3H3,(H,30,36)(H,31,35). The Morgan fingerprint density at radius 1 is 1.00 bits per heavy atom. The van der Waals surface area contributed by atoms with E-state index in [-0.39, 0.29) is 30.2 Å². The maximum absolute atomic E-state index is 13.8. The van der Waals surface area contributed by atoms with Gasteiger partial charge in [0.15, 0.2) is 0 Å². The van der Waals surface area contributed by atoms with E-state index in [0.717, 1.165) is 30.0 Å². The van der Waals surface area contributed by atoms with Crippen molar-refractivity contribution in [2.24, 2.45) is 0 Å². The zero-order chi connectivity index (χ0) is 26.6. The number of hydrogen-bond acceptors (Lipinski definition) is 5. The van der Waals surface area contributed by atoms with Gasteiger partial charge in [-0.05, 0) is 80.6 Å². The largest absolute Gasteiger partial charge is 0.508 e. The van der Waals surface area contributed by atoms with Crippen molar-refractivity contribution < 1.29 is 24.2 Å². The van der Waals surface area contributed by atoms with Gasteiger partial charge >= 0.3 is 6.09 Å². The molecular formula is C29H33N3O5. The van der Waals surface area contributed by atoms with Crippen molar-refractivity contribution in [3.63, 3.8) is 0 Å². The fourth-order valence-corrected chi connectivity index (χ4v) is 4.35.